The molecule has 4 rings (SSSR count). The molecule has 0 spiro atoms. The molecule has 1 N–H and O–H groups in total. The largest absolute Gasteiger partial charge is 0.385 e. The Kier molecular flexibility index (Phi) is 4.10. The Morgan fingerprint density at radius 2 is 1.81 bits per heavy atom. The third kappa shape index (κ3) is 2.82. The number of benzene rings is 1. The van der Waals surface area contributed by atoms with Crippen LogP contribution in [-0.4, -0.2) is 41.3 Å². The summed E-state index contributed by atoms with van der Waals surface area (Å²) in [7, 11) is 3.93. The van der Waals surface area contributed by atoms with Crippen LogP contribution in [0.15, 0.2) is 30.3 Å². The lowest BCUT2D eigenvalue weighted by molar-refractivity contribution is -0.00640. The number of fused-ring (bicyclic) bond motifs is 2. The van der Waals surface area contributed by atoms with Crippen molar-refractivity contribution < 1.29 is 9.50 Å². The lowest BCUT2D eigenvalue weighted by Gasteiger charge is -2.44. The molecule has 3 atom stereocenters. The second-order valence-electron chi connectivity index (χ2n) is 7.77. The van der Waals surface area contributed by atoms with Gasteiger partial charge in [-0.05, 0) is 25.8 Å². The van der Waals surface area contributed by atoms with E-state index < -0.39 is 5.60 Å². The molecule has 0 saturated carbocycles. The molecule has 1 aromatic heterocycles. The van der Waals surface area contributed by atoms with E-state index in [9.17, 15) is 9.50 Å². The molecule has 0 amide bonds. The first-order chi connectivity index (χ1) is 12.4. The van der Waals surface area contributed by atoms with E-state index in [0.29, 0.717) is 18.4 Å². The summed E-state index contributed by atoms with van der Waals surface area (Å²) in [6.45, 7) is 1.97. The van der Waals surface area contributed by atoms with Gasteiger partial charge < -0.3 is 14.9 Å². The Morgan fingerprint density at radius 3 is 2.42 bits per heavy atom. The fourth-order valence-electron chi connectivity index (χ4n) is 4.49. The maximum Gasteiger partial charge on any atom is 0.228 e. The lowest BCUT2D eigenvalue weighted by atomic mass is 9.80. The van der Waals surface area contributed by atoms with E-state index in [4.69, 9.17) is 4.98 Å². The fraction of sp³-hybridized carbons (Fsp3) is 0.500. The van der Waals surface area contributed by atoms with Crippen molar-refractivity contribution in [3.05, 3.63) is 47.4 Å². The molecule has 26 heavy (non-hydrogen) atoms. The summed E-state index contributed by atoms with van der Waals surface area (Å²) < 4.78 is 14.3. The second kappa shape index (κ2) is 6.20. The van der Waals surface area contributed by atoms with Gasteiger partial charge in [-0.2, -0.15) is 4.98 Å². The Labute approximate surface area is 153 Å². The minimum Gasteiger partial charge on any atom is -0.385 e. The molecular formula is C20H25FN4O. The first kappa shape index (κ1) is 17.2. The topological polar surface area (TPSA) is 52.5 Å². The summed E-state index contributed by atoms with van der Waals surface area (Å²) in [6, 6.07) is 8.79. The molecular weight excluding hydrogens is 331 g/mol. The molecule has 5 nitrogen and oxygen atoms in total. The van der Waals surface area contributed by atoms with Gasteiger partial charge in [0.25, 0.3) is 0 Å². The molecule has 2 aliphatic heterocycles. The highest BCUT2D eigenvalue weighted by molar-refractivity contribution is 5.48. The number of aliphatic hydroxyl groups is 1. The predicted molar refractivity (Wildman–Crippen MR) is 99.9 cm³/mol. The van der Waals surface area contributed by atoms with E-state index in [1.807, 2.05) is 32.0 Å². The molecule has 2 aromatic rings. The van der Waals surface area contributed by atoms with E-state index in [-0.39, 0.29) is 17.9 Å². The van der Waals surface area contributed by atoms with Crippen LogP contribution in [0.2, 0.25) is 0 Å². The molecule has 1 unspecified atom stereocenters. The summed E-state index contributed by atoms with van der Waals surface area (Å²) in [5.74, 6) is 1.27. The van der Waals surface area contributed by atoms with E-state index >= 15 is 0 Å². The van der Waals surface area contributed by atoms with Crippen molar-refractivity contribution in [3.63, 3.8) is 0 Å². The maximum atomic E-state index is 14.3. The standard InChI is InChI=1S/C20H25FN4O/c1-13-10-18(24(2)3)23-19(22-13)25-14-8-9-15(25)12-20(26,11-14)16-6-4-5-7-17(16)21/h4-7,10,14-15,26H,8-9,11-12H2,1-3H3/t14-,15+,20?. The van der Waals surface area contributed by atoms with Crippen LogP contribution in [0.3, 0.4) is 0 Å². The minimum absolute atomic E-state index is 0.121. The van der Waals surface area contributed by atoms with Crippen molar-refractivity contribution >= 4 is 11.8 Å². The molecule has 1 aromatic carbocycles. The number of rotatable bonds is 3. The normalized spacial score (nSPS) is 27.7. The number of hydrogen-bond donors (Lipinski definition) is 1. The lowest BCUT2D eigenvalue weighted by Crippen LogP contribution is -2.50. The summed E-state index contributed by atoms with van der Waals surface area (Å²) >= 11 is 0. The van der Waals surface area contributed by atoms with Crippen molar-refractivity contribution in [3.8, 4) is 0 Å². The smallest absolute Gasteiger partial charge is 0.228 e. The van der Waals surface area contributed by atoms with Gasteiger partial charge in [-0.25, -0.2) is 9.37 Å². The van der Waals surface area contributed by atoms with Crippen molar-refractivity contribution in [2.75, 3.05) is 23.9 Å². The van der Waals surface area contributed by atoms with Crippen LogP contribution in [0.25, 0.3) is 0 Å². The number of piperidine rings is 1. The van der Waals surface area contributed by atoms with Gasteiger partial charge >= 0.3 is 0 Å². The second-order valence-corrected chi connectivity index (χ2v) is 7.77. The van der Waals surface area contributed by atoms with Gasteiger partial charge in [0.15, 0.2) is 0 Å². The third-order valence-electron chi connectivity index (χ3n) is 5.66. The maximum absolute atomic E-state index is 14.3. The monoisotopic (exact) mass is 356 g/mol. The molecule has 0 aliphatic carbocycles. The quantitative estimate of drug-likeness (QED) is 0.916. The van der Waals surface area contributed by atoms with Gasteiger partial charge in [-0.15, -0.1) is 0 Å². The van der Waals surface area contributed by atoms with Crippen LogP contribution in [0.4, 0.5) is 16.2 Å². The Balaban J connectivity index is 1.67. The van der Waals surface area contributed by atoms with Gasteiger partial charge in [0.2, 0.25) is 5.95 Å². The van der Waals surface area contributed by atoms with Crippen LogP contribution in [0, 0.1) is 12.7 Å². The molecule has 2 saturated heterocycles. The first-order valence-electron chi connectivity index (χ1n) is 9.16. The van der Waals surface area contributed by atoms with Gasteiger partial charge in [-0.3, -0.25) is 0 Å². The van der Waals surface area contributed by atoms with E-state index in [1.165, 1.54) is 6.07 Å². The van der Waals surface area contributed by atoms with Crippen LogP contribution < -0.4 is 9.80 Å². The minimum atomic E-state index is -1.12. The van der Waals surface area contributed by atoms with Crippen molar-refractivity contribution in [2.24, 2.45) is 0 Å². The zero-order valence-electron chi connectivity index (χ0n) is 15.5. The summed E-state index contributed by atoms with van der Waals surface area (Å²) in [4.78, 5) is 13.6. The summed E-state index contributed by atoms with van der Waals surface area (Å²) in [6.07, 6.45) is 2.93. The fourth-order valence-corrected chi connectivity index (χ4v) is 4.49. The van der Waals surface area contributed by atoms with Gasteiger partial charge in [0, 0.05) is 56.3 Å². The van der Waals surface area contributed by atoms with Crippen LogP contribution in [-0.2, 0) is 5.60 Å². The SMILES string of the molecule is Cc1cc(N(C)C)nc(N2[C@@H]3CC[C@H]2CC(O)(c2ccccc2F)C3)n1. The zero-order valence-corrected chi connectivity index (χ0v) is 15.5. The Hall–Kier alpha value is -2.21. The van der Waals surface area contributed by atoms with Crippen LogP contribution >= 0.6 is 0 Å². The molecule has 3 heterocycles. The van der Waals surface area contributed by atoms with Crippen molar-refractivity contribution in [2.45, 2.75) is 50.3 Å². The highest BCUT2D eigenvalue weighted by atomic mass is 19.1. The number of nitrogens with zero attached hydrogens (tertiary/aromatic N) is 4. The average molecular weight is 356 g/mol. The van der Waals surface area contributed by atoms with Crippen LogP contribution in [0.5, 0.6) is 0 Å². The number of aromatic nitrogens is 2. The third-order valence-corrected chi connectivity index (χ3v) is 5.66. The number of aryl methyl sites for hydroxylation is 1. The number of hydrogen-bond acceptors (Lipinski definition) is 5. The van der Waals surface area contributed by atoms with E-state index in [2.05, 4.69) is 9.88 Å². The summed E-state index contributed by atoms with van der Waals surface area (Å²) in [5.41, 5.74) is 0.214. The highest BCUT2D eigenvalue weighted by Crippen LogP contribution is 2.47. The van der Waals surface area contributed by atoms with Crippen LogP contribution in [0.1, 0.15) is 36.9 Å². The van der Waals surface area contributed by atoms with Gasteiger partial charge in [-0.1, -0.05) is 18.2 Å². The van der Waals surface area contributed by atoms with Crippen molar-refractivity contribution in [1.82, 2.24) is 9.97 Å². The average Bonchev–Trinajstić information content (AvgIpc) is 2.87. The van der Waals surface area contributed by atoms with E-state index in [0.717, 1.165) is 30.3 Å². The van der Waals surface area contributed by atoms with Gasteiger partial charge in [0.1, 0.15) is 11.6 Å². The Bertz CT molecular complexity index is 811. The Morgan fingerprint density at radius 1 is 1.15 bits per heavy atom. The molecule has 6 heteroatoms. The van der Waals surface area contributed by atoms with E-state index in [1.54, 1.807) is 18.2 Å². The molecule has 2 fully saturated rings. The first-order valence-corrected chi connectivity index (χ1v) is 9.16. The predicted octanol–water partition coefficient (Wildman–Crippen LogP) is 3.01. The molecule has 2 aliphatic rings. The van der Waals surface area contributed by atoms with Gasteiger partial charge in [0.05, 0.1) is 5.60 Å². The molecule has 0 radical (unpaired) electrons. The zero-order chi connectivity index (χ0) is 18.5. The highest BCUT2D eigenvalue weighted by Gasteiger charge is 2.50. The number of anilines is 2. The number of halogens is 1. The molecule has 2 bridgehead atoms. The van der Waals surface area contributed by atoms with Crippen molar-refractivity contribution in [1.29, 1.82) is 0 Å². The summed E-state index contributed by atoms with van der Waals surface area (Å²) in [5, 5.41) is 11.3. The molecule has 138 valence electrons.